The summed E-state index contributed by atoms with van der Waals surface area (Å²) in [4.78, 5) is 89.7. The average molecular weight is 713 g/mol. The number of ether oxygens (including phenoxy) is 3. The summed E-state index contributed by atoms with van der Waals surface area (Å²) >= 11 is 0. The summed E-state index contributed by atoms with van der Waals surface area (Å²) in [5.74, 6) is -5.36. The Morgan fingerprint density at radius 2 is 1.24 bits per heavy atom. The van der Waals surface area contributed by atoms with Crippen molar-refractivity contribution in [2.24, 2.45) is 11.5 Å². The van der Waals surface area contributed by atoms with E-state index in [1.54, 1.807) is 81.4 Å². The smallest absolute Gasteiger partial charge is 0.408 e. The maximum atomic E-state index is 13.7. The number of benzene rings is 2. The predicted molar refractivity (Wildman–Crippen MR) is 184 cm³/mol. The topological polar surface area (TPSA) is 247 Å². The molecule has 0 heterocycles. The normalized spacial score (nSPS) is 14.0. The summed E-state index contributed by atoms with van der Waals surface area (Å²) in [6.45, 7) is 6.66. The minimum absolute atomic E-state index is 0.0325. The second-order valence-electron chi connectivity index (χ2n) is 12.7. The summed E-state index contributed by atoms with van der Waals surface area (Å²) in [7, 11) is 1.14. The fourth-order valence-electron chi connectivity index (χ4n) is 4.87. The monoisotopic (exact) mass is 712 g/mol. The Morgan fingerprint density at radius 3 is 1.76 bits per heavy atom. The van der Waals surface area contributed by atoms with Crippen LogP contribution in [0.3, 0.4) is 0 Å². The number of carbonyl (C=O) groups is 7. The molecule has 5 atom stereocenters. The van der Waals surface area contributed by atoms with Crippen LogP contribution >= 0.6 is 0 Å². The van der Waals surface area contributed by atoms with Crippen molar-refractivity contribution in [2.45, 2.75) is 95.9 Å². The molecule has 0 aliphatic rings. The van der Waals surface area contributed by atoms with Gasteiger partial charge in [0.15, 0.2) is 0 Å². The van der Waals surface area contributed by atoms with Gasteiger partial charge in [0.05, 0.1) is 25.2 Å². The molecule has 51 heavy (non-hydrogen) atoms. The Labute approximate surface area is 296 Å². The highest BCUT2D eigenvalue weighted by atomic mass is 16.6. The Morgan fingerprint density at radius 1 is 0.706 bits per heavy atom. The first-order chi connectivity index (χ1) is 24.0. The van der Waals surface area contributed by atoms with Crippen LogP contribution in [0.25, 0.3) is 0 Å². The number of nitrogens with two attached hydrogens (primary N) is 2. The van der Waals surface area contributed by atoms with Crippen molar-refractivity contribution in [1.82, 2.24) is 21.3 Å². The number of hydrogen-bond acceptors (Lipinski definition) is 10. The zero-order chi connectivity index (χ0) is 38.1. The van der Waals surface area contributed by atoms with E-state index in [2.05, 4.69) is 21.3 Å². The quantitative estimate of drug-likeness (QED) is 0.110. The van der Waals surface area contributed by atoms with Crippen LogP contribution in [-0.4, -0.2) is 84.6 Å². The molecule has 2 aromatic carbocycles. The minimum atomic E-state index is -1.60. The van der Waals surface area contributed by atoms with Crippen molar-refractivity contribution in [2.75, 3.05) is 7.11 Å². The van der Waals surface area contributed by atoms with Crippen LogP contribution in [-0.2, 0) is 56.0 Å². The number of alkyl carbamates (subject to hydrolysis) is 1. The van der Waals surface area contributed by atoms with Crippen molar-refractivity contribution in [1.29, 1.82) is 0 Å². The van der Waals surface area contributed by atoms with Gasteiger partial charge in [-0.3, -0.25) is 24.0 Å². The van der Waals surface area contributed by atoms with Crippen molar-refractivity contribution < 1.29 is 47.8 Å². The molecule has 0 saturated heterocycles. The molecule has 16 heteroatoms. The molecule has 0 aliphatic carbocycles. The zero-order valence-electron chi connectivity index (χ0n) is 29.4. The highest BCUT2D eigenvalue weighted by Gasteiger charge is 2.35. The van der Waals surface area contributed by atoms with E-state index in [-0.39, 0.29) is 25.9 Å². The lowest BCUT2D eigenvalue weighted by Crippen LogP contribution is -2.60. The summed E-state index contributed by atoms with van der Waals surface area (Å²) in [5.41, 5.74) is 11.3. The second kappa shape index (κ2) is 20.2. The molecular formula is C35H48N6O10. The molecule has 0 aliphatic heterocycles. The van der Waals surface area contributed by atoms with Crippen molar-refractivity contribution in [3.63, 3.8) is 0 Å². The molecule has 2 aromatic rings. The van der Waals surface area contributed by atoms with Crippen LogP contribution < -0.4 is 32.7 Å². The molecule has 0 bridgehead atoms. The summed E-state index contributed by atoms with van der Waals surface area (Å²) in [6, 6.07) is 11.8. The number of amides is 6. The van der Waals surface area contributed by atoms with Gasteiger partial charge in [-0.1, -0.05) is 60.7 Å². The molecule has 8 N–H and O–H groups in total. The lowest BCUT2D eigenvalue weighted by Gasteiger charge is -2.31. The third kappa shape index (κ3) is 15.7. The Bertz CT molecular complexity index is 1500. The van der Waals surface area contributed by atoms with Crippen LogP contribution in [0.4, 0.5) is 4.79 Å². The number of methoxy groups -OCH3 is 1. The molecule has 0 unspecified atom stereocenters. The van der Waals surface area contributed by atoms with Crippen molar-refractivity contribution >= 4 is 41.6 Å². The van der Waals surface area contributed by atoms with E-state index >= 15 is 0 Å². The number of hydrogen-bond donors (Lipinski definition) is 6. The maximum absolute atomic E-state index is 13.7. The molecule has 0 saturated carbocycles. The average Bonchev–Trinajstić information content (AvgIpc) is 3.06. The summed E-state index contributed by atoms with van der Waals surface area (Å²) in [6.07, 6.45) is -3.24. The number of rotatable bonds is 19. The van der Waals surface area contributed by atoms with Crippen molar-refractivity contribution in [3.8, 4) is 0 Å². The summed E-state index contributed by atoms with van der Waals surface area (Å²) < 4.78 is 16.0. The first kappa shape index (κ1) is 41.7. The second-order valence-corrected chi connectivity index (χ2v) is 12.7. The molecule has 0 radical (unpaired) electrons. The highest BCUT2D eigenvalue weighted by Crippen LogP contribution is 2.15. The molecule has 0 spiro atoms. The van der Waals surface area contributed by atoms with Gasteiger partial charge < -0.3 is 46.9 Å². The van der Waals surface area contributed by atoms with Gasteiger partial charge >= 0.3 is 12.1 Å². The van der Waals surface area contributed by atoms with Gasteiger partial charge in [0.1, 0.15) is 30.8 Å². The zero-order valence-corrected chi connectivity index (χ0v) is 29.4. The van der Waals surface area contributed by atoms with E-state index in [4.69, 9.17) is 25.7 Å². The lowest BCUT2D eigenvalue weighted by atomic mass is 10.0. The van der Waals surface area contributed by atoms with Gasteiger partial charge in [-0.25, -0.2) is 9.59 Å². The molecule has 278 valence electrons. The van der Waals surface area contributed by atoms with Gasteiger partial charge in [-0.15, -0.1) is 0 Å². The molecule has 2 rings (SSSR count). The van der Waals surface area contributed by atoms with E-state index < -0.39 is 83.9 Å². The molecule has 6 amide bonds. The predicted octanol–water partition coefficient (Wildman–Crippen LogP) is 0.496. The fraction of sp³-hybridized carbons (Fsp3) is 0.457. The van der Waals surface area contributed by atoms with Crippen LogP contribution in [0.1, 0.15) is 58.1 Å². The number of primary amides is 2. The largest absolute Gasteiger partial charge is 0.467 e. The number of carbonyl (C=O) groups excluding carboxylic acids is 7. The molecule has 0 aromatic heterocycles. The van der Waals surface area contributed by atoms with E-state index in [0.717, 1.165) is 7.11 Å². The molecule has 0 fully saturated rings. The number of esters is 1. The lowest BCUT2D eigenvalue weighted by molar-refractivity contribution is -0.145. The first-order valence-electron chi connectivity index (χ1n) is 16.2. The molecular weight excluding hydrogens is 664 g/mol. The Kier molecular flexibility index (Phi) is 16.5. The minimum Gasteiger partial charge on any atom is -0.467 e. The first-order valence-corrected chi connectivity index (χ1v) is 16.2. The van der Waals surface area contributed by atoms with E-state index in [9.17, 15) is 33.6 Å². The Balaban J connectivity index is 2.29. The Hall–Kier alpha value is -5.51. The van der Waals surface area contributed by atoms with Gasteiger partial charge in [0.25, 0.3) is 0 Å². The van der Waals surface area contributed by atoms with Crippen LogP contribution in [0.2, 0.25) is 0 Å². The van der Waals surface area contributed by atoms with E-state index in [1.165, 1.54) is 6.92 Å². The van der Waals surface area contributed by atoms with E-state index in [1.807, 2.05) is 0 Å². The third-order valence-electron chi connectivity index (χ3n) is 7.21. The standard InChI is InChI=1S/C35H48N6O10/c1-21(51-35(2,3)4)29(41-34(48)50-20-23-14-10-7-11-15-23)32(46)38-24(16-17-27(36)42)30(44)39-25(19-28(37)43)31(45)40-26(33(47)49-5)18-22-12-8-6-9-13-22/h6-15,21,24-26,29H,16-20H2,1-5H3,(H2,36,42)(H2,37,43)(H,38,46)(H,39,44)(H,40,45)(H,41,48)/t21-,24+,25+,26+,29+/m1/s1. The molecule has 16 nitrogen and oxygen atoms in total. The van der Waals surface area contributed by atoms with E-state index in [0.29, 0.717) is 11.1 Å². The van der Waals surface area contributed by atoms with Crippen LogP contribution in [0, 0.1) is 0 Å². The summed E-state index contributed by atoms with van der Waals surface area (Å²) in [5, 5.41) is 9.81. The maximum Gasteiger partial charge on any atom is 0.408 e. The van der Waals surface area contributed by atoms with Crippen LogP contribution in [0.5, 0.6) is 0 Å². The van der Waals surface area contributed by atoms with Gasteiger partial charge in [-0.05, 0) is 45.2 Å². The van der Waals surface area contributed by atoms with Gasteiger partial charge in [0.2, 0.25) is 29.5 Å². The van der Waals surface area contributed by atoms with Gasteiger partial charge in [-0.2, -0.15) is 0 Å². The SMILES string of the molecule is COC(=O)[C@H](Cc1ccccc1)NC(=O)[C@H](CC(N)=O)NC(=O)[C@H](CCC(N)=O)NC(=O)[C@@H](NC(=O)OCc1ccccc1)[C@@H](C)OC(C)(C)C. The van der Waals surface area contributed by atoms with Crippen molar-refractivity contribution in [3.05, 3.63) is 71.8 Å². The van der Waals surface area contributed by atoms with Gasteiger partial charge in [0, 0.05) is 12.8 Å². The highest BCUT2D eigenvalue weighted by molar-refractivity contribution is 5.97. The third-order valence-corrected chi connectivity index (χ3v) is 7.21. The van der Waals surface area contributed by atoms with Crippen LogP contribution in [0.15, 0.2) is 60.7 Å². The number of nitrogens with one attached hydrogen (secondary N) is 4. The fourth-order valence-corrected chi connectivity index (χ4v) is 4.87.